The molecule has 1 rings (SSSR count). The topological polar surface area (TPSA) is 35.5 Å². The summed E-state index contributed by atoms with van der Waals surface area (Å²) < 4.78 is 10.4. The van der Waals surface area contributed by atoms with Gasteiger partial charge < -0.3 is 9.47 Å². The summed E-state index contributed by atoms with van der Waals surface area (Å²) in [6.45, 7) is 7.68. The van der Waals surface area contributed by atoms with Gasteiger partial charge in [-0.05, 0) is 18.6 Å². The van der Waals surface area contributed by atoms with Gasteiger partial charge in [0, 0.05) is 8.07 Å². The van der Waals surface area contributed by atoms with Gasteiger partial charge in [0.25, 0.3) is 0 Å². The highest BCUT2D eigenvalue weighted by Crippen LogP contribution is 2.19. The Kier molecular flexibility index (Phi) is 5.41. The summed E-state index contributed by atoms with van der Waals surface area (Å²) in [6, 6.07) is 8.43. The summed E-state index contributed by atoms with van der Waals surface area (Å²) >= 11 is 0. The molecule has 0 atom stereocenters. The zero-order chi connectivity index (χ0) is 13.6. The van der Waals surface area contributed by atoms with Crippen LogP contribution in [0.15, 0.2) is 24.3 Å². The van der Waals surface area contributed by atoms with Crippen molar-refractivity contribution < 1.29 is 14.3 Å². The van der Waals surface area contributed by atoms with Gasteiger partial charge >= 0.3 is 5.97 Å². The molecular formula is C14H22O3Si. The fourth-order valence-corrected chi connectivity index (χ4v) is 2.86. The third kappa shape index (κ3) is 4.92. The molecule has 0 aliphatic rings. The lowest BCUT2D eigenvalue weighted by Crippen LogP contribution is -2.20. The number of hydrogen-bond acceptors (Lipinski definition) is 3. The van der Waals surface area contributed by atoms with Crippen LogP contribution in [0.1, 0.15) is 16.8 Å². The first-order valence-corrected chi connectivity index (χ1v) is 9.95. The normalized spacial score (nSPS) is 11.1. The molecule has 0 aliphatic heterocycles. The van der Waals surface area contributed by atoms with Crippen LogP contribution in [-0.2, 0) is 4.74 Å². The Morgan fingerprint density at radius 2 is 1.89 bits per heavy atom. The van der Waals surface area contributed by atoms with Crippen LogP contribution in [0.4, 0.5) is 0 Å². The van der Waals surface area contributed by atoms with Gasteiger partial charge in [0.1, 0.15) is 11.3 Å². The molecule has 0 aromatic heterocycles. The molecule has 0 unspecified atom stereocenters. The molecule has 0 aliphatic carbocycles. The van der Waals surface area contributed by atoms with Crippen molar-refractivity contribution in [2.45, 2.75) is 32.1 Å². The van der Waals surface area contributed by atoms with Gasteiger partial charge in [-0.15, -0.1) is 0 Å². The third-order valence-electron chi connectivity index (χ3n) is 2.62. The largest absolute Gasteiger partial charge is 0.493 e. The molecule has 0 saturated heterocycles. The molecule has 0 heterocycles. The van der Waals surface area contributed by atoms with Gasteiger partial charge in [-0.1, -0.05) is 37.8 Å². The Hall–Kier alpha value is -1.29. The molecule has 0 radical (unpaired) electrons. The molecule has 100 valence electrons. The Labute approximate surface area is 110 Å². The van der Waals surface area contributed by atoms with Gasteiger partial charge in [-0.2, -0.15) is 0 Å². The molecule has 0 N–H and O–H groups in total. The molecule has 1 aromatic carbocycles. The number of benzene rings is 1. The average molecular weight is 266 g/mol. The predicted molar refractivity (Wildman–Crippen MR) is 76.0 cm³/mol. The smallest absolute Gasteiger partial charge is 0.341 e. The van der Waals surface area contributed by atoms with E-state index in [0.29, 0.717) is 17.9 Å². The fourth-order valence-electron chi connectivity index (χ4n) is 1.66. The summed E-state index contributed by atoms with van der Waals surface area (Å²) in [4.78, 5) is 11.5. The highest BCUT2D eigenvalue weighted by Gasteiger charge is 2.14. The minimum absolute atomic E-state index is 0.351. The average Bonchev–Trinajstić information content (AvgIpc) is 2.33. The van der Waals surface area contributed by atoms with Crippen molar-refractivity contribution in [1.29, 1.82) is 0 Å². The molecule has 0 amide bonds. The number of carbonyl (C=O) groups excluding carboxylic acids is 1. The Balaban J connectivity index is 2.54. The van der Waals surface area contributed by atoms with Crippen molar-refractivity contribution >= 4 is 14.0 Å². The maximum atomic E-state index is 11.5. The highest BCUT2D eigenvalue weighted by atomic mass is 28.3. The first kappa shape index (κ1) is 14.8. The van der Waals surface area contributed by atoms with Crippen molar-refractivity contribution in [3.05, 3.63) is 29.8 Å². The highest BCUT2D eigenvalue weighted by molar-refractivity contribution is 6.76. The molecule has 0 fully saturated rings. The van der Waals surface area contributed by atoms with Crippen LogP contribution >= 0.6 is 0 Å². The van der Waals surface area contributed by atoms with Crippen LogP contribution in [0.25, 0.3) is 0 Å². The van der Waals surface area contributed by atoms with Gasteiger partial charge in [0.15, 0.2) is 0 Å². The Morgan fingerprint density at radius 1 is 1.22 bits per heavy atom. The summed E-state index contributed by atoms with van der Waals surface area (Å²) in [7, 11) is 0.370. The Morgan fingerprint density at radius 3 is 2.50 bits per heavy atom. The van der Waals surface area contributed by atoms with E-state index in [1.54, 1.807) is 18.2 Å². The van der Waals surface area contributed by atoms with E-state index in [4.69, 9.17) is 9.47 Å². The quantitative estimate of drug-likeness (QED) is 0.448. The van der Waals surface area contributed by atoms with Crippen molar-refractivity contribution in [3.8, 4) is 5.75 Å². The van der Waals surface area contributed by atoms with Crippen molar-refractivity contribution in [1.82, 2.24) is 0 Å². The lowest BCUT2D eigenvalue weighted by Gasteiger charge is -2.16. The number of rotatable bonds is 6. The second kappa shape index (κ2) is 6.59. The summed E-state index contributed by atoms with van der Waals surface area (Å²) in [6.07, 6.45) is 1.03. The molecule has 1 aromatic rings. The van der Waals surface area contributed by atoms with Crippen molar-refractivity contribution in [2.75, 3.05) is 13.7 Å². The van der Waals surface area contributed by atoms with Crippen LogP contribution in [0.5, 0.6) is 5.75 Å². The van der Waals surface area contributed by atoms with E-state index in [2.05, 4.69) is 19.6 Å². The first-order valence-electron chi connectivity index (χ1n) is 6.24. The van der Waals surface area contributed by atoms with E-state index in [9.17, 15) is 4.79 Å². The summed E-state index contributed by atoms with van der Waals surface area (Å²) in [5.74, 6) is 0.260. The fraction of sp³-hybridized carbons (Fsp3) is 0.500. The van der Waals surface area contributed by atoms with Gasteiger partial charge in [0.2, 0.25) is 0 Å². The molecule has 0 bridgehead atoms. The van der Waals surface area contributed by atoms with Gasteiger partial charge in [-0.25, -0.2) is 4.79 Å². The molecule has 4 heteroatoms. The van der Waals surface area contributed by atoms with E-state index >= 15 is 0 Å². The van der Waals surface area contributed by atoms with Crippen LogP contribution < -0.4 is 4.74 Å². The second-order valence-electron chi connectivity index (χ2n) is 5.50. The van der Waals surface area contributed by atoms with Crippen LogP contribution in [-0.4, -0.2) is 27.8 Å². The standard InChI is InChI=1S/C14H22O3Si/c1-16-14(15)12-8-5-6-9-13(12)17-10-7-11-18(2,3)4/h5-6,8-9H,7,10-11H2,1-4H3. The van der Waals surface area contributed by atoms with Crippen LogP contribution in [0.2, 0.25) is 25.7 Å². The number of methoxy groups -OCH3 is 1. The summed E-state index contributed by atoms with van der Waals surface area (Å²) in [5.41, 5.74) is 0.494. The SMILES string of the molecule is COC(=O)c1ccccc1OCCC[Si](C)(C)C. The lowest BCUT2D eigenvalue weighted by molar-refractivity contribution is 0.0596. The third-order valence-corrected chi connectivity index (χ3v) is 4.47. The van der Waals surface area contributed by atoms with E-state index < -0.39 is 8.07 Å². The minimum Gasteiger partial charge on any atom is -0.493 e. The van der Waals surface area contributed by atoms with Crippen molar-refractivity contribution in [3.63, 3.8) is 0 Å². The van der Waals surface area contributed by atoms with Crippen molar-refractivity contribution in [2.24, 2.45) is 0 Å². The maximum absolute atomic E-state index is 11.5. The van der Waals surface area contributed by atoms with Crippen LogP contribution in [0, 0.1) is 0 Å². The van der Waals surface area contributed by atoms with E-state index in [1.165, 1.54) is 13.2 Å². The molecule has 18 heavy (non-hydrogen) atoms. The van der Waals surface area contributed by atoms with E-state index in [0.717, 1.165) is 6.42 Å². The zero-order valence-corrected chi connectivity index (χ0v) is 12.7. The predicted octanol–water partition coefficient (Wildman–Crippen LogP) is 3.58. The van der Waals surface area contributed by atoms with E-state index in [-0.39, 0.29) is 5.97 Å². The second-order valence-corrected chi connectivity index (χ2v) is 11.1. The monoisotopic (exact) mass is 266 g/mol. The Bertz CT molecular complexity index is 396. The molecule has 3 nitrogen and oxygen atoms in total. The lowest BCUT2D eigenvalue weighted by atomic mass is 10.2. The number of esters is 1. The number of para-hydroxylation sites is 1. The molecule has 0 spiro atoms. The number of ether oxygens (including phenoxy) is 2. The molecule has 0 saturated carbocycles. The van der Waals surface area contributed by atoms with Gasteiger partial charge in [-0.3, -0.25) is 0 Å². The zero-order valence-electron chi connectivity index (χ0n) is 11.7. The van der Waals surface area contributed by atoms with Crippen LogP contribution in [0.3, 0.4) is 0 Å². The minimum atomic E-state index is -1.01. The summed E-state index contributed by atoms with van der Waals surface area (Å²) in [5, 5.41) is 0. The molecular weight excluding hydrogens is 244 g/mol. The number of carbonyl (C=O) groups is 1. The number of hydrogen-bond donors (Lipinski definition) is 0. The first-order chi connectivity index (χ1) is 8.44. The maximum Gasteiger partial charge on any atom is 0.341 e. The van der Waals surface area contributed by atoms with Gasteiger partial charge in [0.05, 0.1) is 13.7 Å². The van der Waals surface area contributed by atoms with E-state index in [1.807, 2.05) is 6.07 Å².